The van der Waals surface area contributed by atoms with Crippen LogP contribution in [-0.4, -0.2) is 15.6 Å². The van der Waals surface area contributed by atoms with Crippen molar-refractivity contribution in [1.29, 1.82) is 5.26 Å². The number of ketones is 1. The summed E-state index contributed by atoms with van der Waals surface area (Å²) in [6.45, 7) is 4.07. The zero-order valence-corrected chi connectivity index (χ0v) is 16.2. The fraction of sp³-hybridized carbons (Fsp3) is 0.318. The maximum absolute atomic E-state index is 13.1. The van der Waals surface area contributed by atoms with E-state index in [0.717, 1.165) is 16.8 Å². The first-order chi connectivity index (χ1) is 13.3. The van der Waals surface area contributed by atoms with Gasteiger partial charge in [0.05, 0.1) is 17.8 Å². The Morgan fingerprint density at radius 3 is 2.68 bits per heavy atom. The van der Waals surface area contributed by atoms with Crippen LogP contribution in [0.25, 0.3) is 11.3 Å². The van der Waals surface area contributed by atoms with Crippen LogP contribution in [0.3, 0.4) is 0 Å². The Bertz CT molecular complexity index is 1070. The van der Waals surface area contributed by atoms with Crippen LogP contribution >= 0.6 is 0 Å². The van der Waals surface area contributed by atoms with E-state index in [1.165, 1.54) is 0 Å². The van der Waals surface area contributed by atoms with Gasteiger partial charge in [0.1, 0.15) is 17.4 Å². The minimum absolute atomic E-state index is 0.000588. The zero-order chi connectivity index (χ0) is 20.1. The molecule has 1 aliphatic carbocycles. The first-order valence-electron chi connectivity index (χ1n) is 9.23. The highest BCUT2D eigenvalue weighted by atomic mass is 16.5. The summed E-state index contributed by atoms with van der Waals surface area (Å²) in [5.74, 6) is 0.0749. The van der Waals surface area contributed by atoms with E-state index in [1.807, 2.05) is 51.2 Å². The van der Waals surface area contributed by atoms with E-state index in [1.54, 1.807) is 10.9 Å². The van der Waals surface area contributed by atoms with E-state index >= 15 is 0 Å². The molecule has 1 atom stereocenters. The van der Waals surface area contributed by atoms with Crippen LogP contribution in [0.1, 0.15) is 38.2 Å². The van der Waals surface area contributed by atoms with Crippen molar-refractivity contribution in [2.45, 2.75) is 32.6 Å². The third-order valence-electron chi connectivity index (χ3n) is 5.40. The second kappa shape index (κ2) is 6.38. The summed E-state index contributed by atoms with van der Waals surface area (Å²) in [5.41, 5.74) is 9.32. The summed E-state index contributed by atoms with van der Waals surface area (Å²) >= 11 is 0. The first kappa shape index (κ1) is 18.1. The largest absolute Gasteiger partial charge is 0.444 e. The zero-order valence-electron chi connectivity index (χ0n) is 16.2. The number of allylic oxidation sites excluding steroid dienone is 3. The normalized spacial score (nSPS) is 21.2. The second-order valence-electron chi connectivity index (χ2n) is 8.14. The SMILES string of the molecule is Cn1ncc(C2C(C#N)=C(N)OC3=C2C(=O)CC(C)(C)C3)c1-c1ccccc1. The van der Waals surface area contributed by atoms with Gasteiger partial charge in [0.15, 0.2) is 5.78 Å². The molecule has 2 N–H and O–H groups in total. The fourth-order valence-corrected chi connectivity index (χ4v) is 4.21. The van der Waals surface area contributed by atoms with Crippen LogP contribution in [0.2, 0.25) is 0 Å². The Morgan fingerprint density at radius 1 is 1.29 bits per heavy atom. The van der Waals surface area contributed by atoms with Crippen LogP contribution in [0.15, 0.2) is 59.3 Å². The van der Waals surface area contributed by atoms with E-state index in [-0.39, 0.29) is 22.7 Å². The smallest absolute Gasteiger partial charge is 0.205 e. The number of nitrogens with zero attached hydrogens (tertiary/aromatic N) is 3. The van der Waals surface area contributed by atoms with Gasteiger partial charge in [0.25, 0.3) is 0 Å². The van der Waals surface area contributed by atoms with Crippen LogP contribution in [0.4, 0.5) is 0 Å². The lowest BCUT2D eigenvalue weighted by atomic mass is 9.70. The van der Waals surface area contributed by atoms with Crippen LogP contribution in [0.5, 0.6) is 0 Å². The Hall–Kier alpha value is -3.33. The molecule has 1 unspecified atom stereocenters. The number of carbonyl (C=O) groups excluding carboxylic acids is 1. The van der Waals surface area contributed by atoms with Crippen LogP contribution < -0.4 is 5.73 Å². The number of carbonyl (C=O) groups is 1. The Labute approximate surface area is 163 Å². The number of Topliss-reactive ketones (excluding diaryl/α,β-unsaturated/α-hetero) is 1. The molecular weight excluding hydrogens is 352 g/mol. The highest BCUT2D eigenvalue weighted by molar-refractivity contribution is 6.00. The molecular formula is C22H22N4O2. The van der Waals surface area contributed by atoms with Gasteiger partial charge in [-0.05, 0) is 5.41 Å². The summed E-state index contributed by atoms with van der Waals surface area (Å²) < 4.78 is 7.54. The molecule has 4 rings (SSSR count). The second-order valence-corrected chi connectivity index (χ2v) is 8.14. The van der Waals surface area contributed by atoms with Gasteiger partial charge in [-0.2, -0.15) is 10.4 Å². The molecule has 0 saturated heterocycles. The third-order valence-corrected chi connectivity index (χ3v) is 5.40. The Kier molecular flexibility index (Phi) is 4.11. The molecule has 28 heavy (non-hydrogen) atoms. The maximum atomic E-state index is 13.1. The molecule has 0 spiro atoms. The van der Waals surface area contributed by atoms with Gasteiger partial charge in [0.2, 0.25) is 5.88 Å². The van der Waals surface area contributed by atoms with Gasteiger partial charge in [-0.15, -0.1) is 0 Å². The first-order valence-corrected chi connectivity index (χ1v) is 9.23. The molecule has 142 valence electrons. The number of nitriles is 1. The molecule has 0 saturated carbocycles. The third kappa shape index (κ3) is 2.80. The van der Waals surface area contributed by atoms with Gasteiger partial charge < -0.3 is 10.5 Å². The van der Waals surface area contributed by atoms with Crippen molar-refractivity contribution in [2.24, 2.45) is 18.2 Å². The molecule has 1 aromatic heterocycles. The number of hydrogen-bond acceptors (Lipinski definition) is 5. The monoisotopic (exact) mass is 374 g/mol. The number of aryl methyl sites for hydroxylation is 1. The van der Waals surface area contributed by atoms with E-state index < -0.39 is 5.92 Å². The van der Waals surface area contributed by atoms with Gasteiger partial charge in [-0.1, -0.05) is 44.2 Å². The van der Waals surface area contributed by atoms with Gasteiger partial charge in [-0.3, -0.25) is 9.48 Å². The lowest BCUT2D eigenvalue weighted by Crippen LogP contribution is -2.33. The summed E-state index contributed by atoms with van der Waals surface area (Å²) in [4.78, 5) is 13.1. The highest BCUT2D eigenvalue weighted by Gasteiger charge is 2.44. The number of nitrogens with two attached hydrogens (primary N) is 1. The lowest BCUT2D eigenvalue weighted by Gasteiger charge is -2.37. The Balaban J connectivity index is 1.95. The van der Waals surface area contributed by atoms with E-state index in [9.17, 15) is 10.1 Å². The summed E-state index contributed by atoms with van der Waals surface area (Å²) in [7, 11) is 1.85. The van der Waals surface area contributed by atoms with Crippen molar-refractivity contribution in [3.8, 4) is 17.3 Å². The van der Waals surface area contributed by atoms with Crippen LogP contribution in [0, 0.1) is 16.7 Å². The standard InChI is InChI=1S/C22H22N4O2/c1-22(2)9-16(27)19-17(10-22)28-21(24)14(11-23)18(19)15-12-25-26(3)20(15)13-7-5-4-6-8-13/h4-8,12,18H,9-10,24H2,1-3H3. The fourth-order valence-electron chi connectivity index (χ4n) is 4.21. The van der Waals surface area contributed by atoms with E-state index in [0.29, 0.717) is 24.2 Å². The van der Waals surface area contributed by atoms with Gasteiger partial charge in [-0.25, -0.2) is 0 Å². The van der Waals surface area contributed by atoms with Crippen molar-refractivity contribution in [2.75, 3.05) is 0 Å². The van der Waals surface area contributed by atoms with Crippen molar-refractivity contribution in [1.82, 2.24) is 9.78 Å². The molecule has 2 heterocycles. The van der Waals surface area contributed by atoms with Gasteiger partial charge in [0, 0.05) is 36.6 Å². The van der Waals surface area contributed by atoms with Crippen molar-refractivity contribution >= 4 is 5.78 Å². The number of aromatic nitrogens is 2. The number of benzene rings is 1. The highest BCUT2D eigenvalue weighted by Crippen LogP contribution is 2.49. The number of rotatable bonds is 2. The molecule has 0 amide bonds. The average Bonchev–Trinajstić information content (AvgIpc) is 3.01. The lowest BCUT2D eigenvalue weighted by molar-refractivity contribution is -0.119. The molecule has 1 aliphatic heterocycles. The number of ether oxygens (including phenoxy) is 1. The molecule has 6 nitrogen and oxygen atoms in total. The van der Waals surface area contributed by atoms with E-state index in [4.69, 9.17) is 10.5 Å². The van der Waals surface area contributed by atoms with Crippen molar-refractivity contribution in [3.63, 3.8) is 0 Å². The topological polar surface area (TPSA) is 93.9 Å². The average molecular weight is 374 g/mol. The van der Waals surface area contributed by atoms with Crippen molar-refractivity contribution < 1.29 is 9.53 Å². The maximum Gasteiger partial charge on any atom is 0.205 e. The number of hydrogen-bond donors (Lipinski definition) is 1. The van der Waals surface area contributed by atoms with Crippen molar-refractivity contribution in [3.05, 3.63) is 64.9 Å². The minimum Gasteiger partial charge on any atom is -0.444 e. The summed E-state index contributed by atoms with van der Waals surface area (Å²) in [6.07, 6.45) is 2.73. The molecule has 2 aliphatic rings. The summed E-state index contributed by atoms with van der Waals surface area (Å²) in [5, 5.41) is 14.2. The molecule has 1 aromatic carbocycles. The van der Waals surface area contributed by atoms with Gasteiger partial charge >= 0.3 is 0 Å². The Morgan fingerprint density at radius 2 is 2.00 bits per heavy atom. The quantitative estimate of drug-likeness (QED) is 0.868. The van der Waals surface area contributed by atoms with Crippen LogP contribution in [-0.2, 0) is 16.6 Å². The predicted molar refractivity (Wildman–Crippen MR) is 104 cm³/mol. The predicted octanol–water partition coefficient (Wildman–Crippen LogP) is 3.54. The molecule has 0 bridgehead atoms. The molecule has 2 aromatic rings. The minimum atomic E-state index is -0.568. The molecule has 0 radical (unpaired) electrons. The molecule has 0 fully saturated rings. The summed E-state index contributed by atoms with van der Waals surface area (Å²) in [6, 6.07) is 12.0. The molecule has 6 heteroatoms. The van der Waals surface area contributed by atoms with E-state index in [2.05, 4.69) is 11.2 Å².